The molecule has 10 nitrogen and oxygen atoms in total. The minimum absolute atomic E-state index is 0.0370. The number of hydrogen-bond donors (Lipinski definition) is 1. The van der Waals surface area contributed by atoms with Crippen molar-refractivity contribution < 1.29 is 32.9 Å². The molecular weight excluding hydrogens is 594 g/mol. The van der Waals surface area contributed by atoms with Gasteiger partial charge in [-0.25, -0.2) is 9.78 Å². The van der Waals surface area contributed by atoms with Crippen LogP contribution in [0.3, 0.4) is 0 Å². The summed E-state index contributed by atoms with van der Waals surface area (Å²) < 4.78 is 34.2. The number of ether oxygens (including phenoxy) is 5. The van der Waals surface area contributed by atoms with Crippen molar-refractivity contribution in [3.8, 4) is 45.9 Å². The zero-order valence-corrected chi connectivity index (χ0v) is 26.0. The summed E-state index contributed by atoms with van der Waals surface area (Å²) in [6.07, 6.45) is 0. The van der Waals surface area contributed by atoms with E-state index in [-0.39, 0.29) is 35.1 Å². The number of carbonyl (C=O) groups excluding carboxylic acids is 1. The second-order valence-corrected chi connectivity index (χ2v) is 10.5. The Balaban J connectivity index is 1.60. The molecule has 3 aromatic carbocycles. The molecular formula is C34H31N3O7S. The number of carbonyl (C=O) groups is 1. The van der Waals surface area contributed by atoms with E-state index in [9.17, 15) is 10.1 Å². The van der Waals surface area contributed by atoms with Crippen molar-refractivity contribution in [2.24, 2.45) is 5.73 Å². The summed E-state index contributed by atoms with van der Waals surface area (Å²) in [7, 11) is 4.45. The molecule has 5 rings (SSSR count). The number of allylic oxidation sites excluding steroid dienone is 1. The Kier molecular flexibility index (Phi) is 9.65. The van der Waals surface area contributed by atoms with Gasteiger partial charge in [0.15, 0.2) is 17.3 Å². The van der Waals surface area contributed by atoms with E-state index in [1.54, 1.807) is 19.1 Å². The van der Waals surface area contributed by atoms with Crippen LogP contribution in [0.4, 0.5) is 0 Å². The first kappa shape index (κ1) is 31.1. The molecule has 2 N–H and O–H groups in total. The van der Waals surface area contributed by atoms with E-state index in [0.29, 0.717) is 39.5 Å². The second kappa shape index (κ2) is 14.0. The van der Waals surface area contributed by atoms with Crippen LogP contribution < -0.4 is 19.9 Å². The van der Waals surface area contributed by atoms with Gasteiger partial charge in [-0.3, -0.25) is 0 Å². The van der Waals surface area contributed by atoms with Crippen molar-refractivity contribution in [1.82, 2.24) is 4.98 Å². The molecule has 230 valence electrons. The van der Waals surface area contributed by atoms with Crippen LogP contribution in [-0.2, 0) is 14.3 Å². The highest BCUT2D eigenvalue weighted by molar-refractivity contribution is 7.99. The number of nitrogens with two attached hydrogens (primary N) is 1. The summed E-state index contributed by atoms with van der Waals surface area (Å²) in [6, 6.07) is 24.8. The van der Waals surface area contributed by atoms with Crippen LogP contribution in [0.2, 0.25) is 0 Å². The molecule has 1 aliphatic rings. The van der Waals surface area contributed by atoms with Crippen LogP contribution in [0.5, 0.6) is 17.2 Å². The summed E-state index contributed by atoms with van der Waals surface area (Å²) in [5.74, 6) is 0.204. The number of thioether (sulfide) groups is 1. The summed E-state index contributed by atoms with van der Waals surface area (Å²) in [4.78, 5) is 18.4. The summed E-state index contributed by atoms with van der Waals surface area (Å²) in [5.41, 5.74) is 9.38. The van der Waals surface area contributed by atoms with E-state index in [2.05, 4.69) is 6.07 Å². The molecule has 0 saturated carbocycles. The third kappa shape index (κ3) is 6.32. The van der Waals surface area contributed by atoms with Crippen LogP contribution in [0.1, 0.15) is 18.4 Å². The van der Waals surface area contributed by atoms with Crippen LogP contribution in [-0.4, -0.2) is 44.6 Å². The standard InChI is InChI=1S/C34H31N3O7S/c1-5-42-33(38)28-26(43-32(36)23(18-35)27(28)22-16-24(39-2)31(41-4)25(17-22)40-3)19-45-34-37-29(20-12-8-6-9-13-20)30(44-34)21-14-10-7-11-15-21/h6-17,27H,5,19,36H2,1-4H3/t27-/m0/s1. The number of nitrogens with zero attached hydrogens (tertiary/aromatic N) is 2. The van der Waals surface area contributed by atoms with E-state index in [1.165, 1.54) is 33.1 Å². The van der Waals surface area contributed by atoms with Crippen molar-refractivity contribution in [2.45, 2.75) is 18.1 Å². The number of aromatic nitrogens is 1. The van der Waals surface area contributed by atoms with Crippen LogP contribution in [0, 0.1) is 11.3 Å². The van der Waals surface area contributed by atoms with E-state index in [1.807, 2.05) is 60.7 Å². The Morgan fingerprint density at radius 1 is 0.978 bits per heavy atom. The predicted octanol–water partition coefficient (Wildman–Crippen LogP) is 6.45. The Hall–Kier alpha value is -5.34. The molecule has 2 heterocycles. The highest BCUT2D eigenvalue weighted by Crippen LogP contribution is 2.47. The monoisotopic (exact) mass is 625 g/mol. The second-order valence-electron chi connectivity index (χ2n) is 9.62. The molecule has 0 fully saturated rings. The average molecular weight is 626 g/mol. The first-order valence-electron chi connectivity index (χ1n) is 14.0. The summed E-state index contributed by atoms with van der Waals surface area (Å²) in [6.45, 7) is 1.80. The quantitative estimate of drug-likeness (QED) is 0.145. The first-order chi connectivity index (χ1) is 21.9. The van der Waals surface area contributed by atoms with E-state index in [4.69, 9.17) is 38.8 Å². The largest absolute Gasteiger partial charge is 0.493 e. The molecule has 4 aromatic rings. The maximum Gasteiger partial charge on any atom is 0.338 e. The molecule has 0 bridgehead atoms. The van der Waals surface area contributed by atoms with Gasteiger partial charge in [0.2, 0.25) is 11.6 Å². The molecule has 0 aliphatic carbocycles. The highest BCUT2D eigenvalue weighted by atomic mass is 32.2. The fourth-order valence-electron chi connectivity index (χ4n) is 5.03. The first-order valence-corrected chi connectivity index (χ1v) is 14.9. The van der Waals surface area contributed by atoms with Gasteiger partial charge in [0, 0.05) is 11.1 Å². The SMILES string of the molecule is CCOC(=O)C1=C(CSc2nc(-c3ccccc3)c(-c3ccccc3)o2)OC(N)=C(C#N)[C@@H]1c1cc(OC)c(OC)c(OC)c1. The third-order valence-electron chi connectivity index (χ3n) is 7.03. The fraction of sp³-hybridized carbons (Fsp3) is 0.206. The molecule has 45 heavy (non-hydrogen) atoms. The topological polar surface area (TPSA) is 139 Å². The molecule has 0 unspecified atom stereocenters. The predicted molar refractivity (Wildman–Crippen MR) is 169 cm³/mol. The molecule has 0 saturated heterocycles. The number of hydrogen-bond acceptors (Lipinski definition) is 11. The van der Waals surface area contributed by atoms with E-state index >= 15 is 0 Å². The van der Waals surface area contributed by atoms with Crippen molar-refractivity contribution >= 4 is 17.7 Å². The van der Waals surface area contributed by atoms with Gasteiger partial charge in [-0.15, -0.1) is 0 Å². The van der Waals surface area contributed by atoms with Crippen LogP contribution in [0.15, 0.2) is 105 Å². The molecule has 11 heteroatoms. The van der Waals surface area contributed by atoms with Gasteiger partial charge >= 0.3 is 5.97 Å². The molecule has 1 aromatic heterocycles. The van der Waals surface area contributed by atoms with Gasteiger partial charge in [-0.05, 0) is 24.6 Å². The van der Waals surface area contributed by atoms with Crippen LogP contribution in [0.25, 0.3) is 22.6 Å². The Morgan fingerprint density at radius 3 is 2.16 bits per heavy atom. The maximum absolute atomic E-state index is 13.6. The number of esters is 1. The number of benzene rings is 3. The molecule has 0 spiro atoms. The lowest BCUT2D eigenvalue weighted by Gasteiger charge is -2.28. The van der Waals surface area contributed by atoms with Crippen molar-refractivity contribution in [1.29, 1.82) is 5.26 Å². The maximum atomic E-state index is 13.6. The lowest BCUT2D eigenvalue weighted by Crippen LogP contribution is -2.27. The average Bonchev–Trinajstić information content (AvgIpc) is 3.51. The fourth-order valence-corrected chi connectivity index (χ4v) is 5.79. The van der Waals surface area contributed by atoms with Crippen molar-refractivity contribution in [3.63, 3.8) is 0 Å². The lowest BCUT2D eigenvalue weighted by molar-refractivity contribution is -0.139. The van der Waals surface area contributed by atoms with Gasteiger partial charge in [0.05, 0.1) is 45.2 Å². The lowest BCUT2D eigenvalue weighted by atomic mass is 9.82. The Labute approximate surface area is 265 Å². The summed E-state index contributed by atoms with van der Waals surface area (Å²) >= 11 is 1.22. The molecule has 0 radical (unpaired) electrons. The van der Waals surface area contributed by atoms with Crippen LogP contribution >= 0.6 is 11.8 Å². The number of oxazole rings is 1. The van der Waals surface area contributed by atoms with E-state index < -0.39 is 11.9 Å². The van der Waals surface area contributed by atoms with Gasteiger partial charge in [0.25, 0.3) is 5.22 Å². The van der Waals surface area contributed by atoms with Crippen molar-refractivity contribution in [3.05, 3.63) is 101 Å². The number of methoxy groups -OCH3 is 3. The zero-order chi connectivity index (χ0) is 31.9. The molecule has 0 amide bonds. The summed E-state index contributed by atoms with van der Waals surface area (Å²) in [5, 5.41) is 10.5. The Morgan fingerprint density at radius 2 is 1.60 bits per heavy atom. The highest BCUT2D eigenvalue weighted by Gasteiger charge is 2.39. The van der Waals surface area contributed by atoms with Crippen molar-refractivity contribution in [2.75, 3.05) is 33.7 Å². The molecule has 1 aliphatic heterocycles. The van der Waals surface area contributed by atoms with Gasteiger partial charge in [-0.1, -0.05) is 72.4 Å². The number of rotatable bonds is 11. The van der Waals surface area contributed by atoms with Gasteiger partial charge in [-0.2, -0.15) is 5.26 Å². The Bertz CT molecular complexity index is 1710. The normalized spacial score (nSPS) is 14.4. The smallest absolute Gasteiger partial charge is 0.338 e. The zero-order valence-electron chi connectivity index (χ0n) is 25.2. The van der Waals surface area contributed by atoms with Gasteiger partial charge in [0.1, 0.15) is 23.1 Å². The third-order valence-corrected chi connectivity index (χ3v) is 7.86. The van der Waals surface area contributed by atoms with E-state index in [0.717, 1.165) is 11.1 Å². The minimum Gasteiger partial charge on any atom is -0.493 e. The number of nitriles is 1. The molecule has 1 atom stereocenters. The van der Waals surface area contributed by atoms with Gasteiger partial charge < -0.3 is 33.8 Å². The minimum atomic E-state index is -0.948.